The molecule has 0 spiro atoms. The molecule has 3 rings (SSSR count). The molecule has 0 amide bonds. The van der Waals surface area contributed by atoms with E-state index in [2.05, 4.69) is 10.1 Å². The van der Waals surface area contributed by atoms with Crippen LogP contribution in [0.2, 0.25) is 0 Å². The fourth-order valence-corrected chi connectivity index (χ4v) is 3.34. The summed E-state index contributed by atoms with van der Waals surface area (Å²) in [6, 6.07) is 8.22. The molecule has 0 radical (unpaired) electrons. The number of benzene rings is 1. The van der Waals surface area contributed by atoms with Crippen LogP contribution in [0.1, 0.15) is 30.9 Å². The average molecular weight is 356 g/mol. The Hall–Kier alpha value is -2.92. The maximum absolute atomic E-state index is 12.8. The molecule has 2 aromatic heterocycles. The van der Waals surface area contributed by atoms with Crippen molar-refractivity contribution in [1.29, 1.82) is 5.26 Å². The van der Waals surface area contributed by atoms with Crippen molar-refractivity contribution in [2.45, 2.75) is 24.7 Å². The Morgan fingerprint density at radius 2 is 1.88 bits per heavy atom. The van der Waals surface area contributed by atoms with Crippen LogP contribution < -0.4 is 5.56 Å². The van der Waals surface area contributed by atoms with Crippen LogP contribution in [-0.4, -0.2) is 29.3 Å². The Morgan fingerprint density at radius 3 is 2.40 bits per heavy atom. The van der Waals surface area contributed by atoms with Gasteiger partial charge >= 0.3 is 0 Å². The Labute approximate surface area is 144 Å². The number of nitriles is 1. The molecule has 1 aromatic carbocycles. The fourth-order valence-electron chi connectivity index (χ4n) is 2.71. The quantitative estimate of drug-likeness (QED) is 0.773. The third kappa shape index (κ3) is 2.83. The summed E-state index contributed by atoms with van der Waals surface area (Å²) in [6.45, 7) is 3.76. The van der Waals surface area contributed by atoms with E-state index in [0.717, 1.165) is 6.26 Å². The van der Waals surface area contributed by atoms with Crippen molar-refractivity contribution >= 4 is 15.5 Å². The summed E-state index contributed by atoms with van der Waals surface area (Å²) in [7, 11) is -3.31. The third-order valence-electron chi connectivity index (χ3n) is 3.95. The van der Waals surface area contributed by atoms with Crippen LogP contribution in [0.5, 0.6) is 0 Å². The summed E-state index contributed by atoms with van der Waals surface area (Å²) in [6.07, 6.45) is 2.57. The van der Waals surface area contributed by atoms with Crippen molar-refractivity contribution < 1.29 is 8.42 Å². The monoisotopic (exact) mass is 356 g/mol. The predicted molar refractivity (Wildman–Crippen MR) is 93.2 cm³/mol. The second-order valence-corrected chi connectivity index (χ2v) is 8.10. The Bertz CT molecular complexity index is 1160. The third-order valence-corrected chi connectivity index (χ3v) is 5.08. The second kappa shape index (κ2) is 5.86. The zero-order chi connectivity index (χ0) is 18.4. The van der Waals surface area contributed by atoms with Crippen molar-refractivity contribution in [2.24, 2.45) is 0 Å². The highest BCUT2D eigenvalue weighted by Crippen LogP contribution is 2.27. The second-order valence-electron chi connectivity index (χ2n) is 6.09. The zero-order valence-corrected chi connectivity index (χ0v) is 14.8. The number of hydrogen-bond acceptors (Lipinski definition) is 5. The number of aromatic amines is 1. The van der Waals surface area contributed by atoms with Crippen LogP contribution in [-0.2, 0) is 9.84 Å². The summed E-state index contributed by atoms with van der Waals surface area (Å²) in [5.41, 5.74) is 1.82. The van der Waals surface area contributed by atoms with Gasteiger partial charge in [-0.25, -0.2) is 17.9 Å². The van der Waals surface area contributed by atoms with Crippen molar-refractivity contribution in [3.8, 4) is 17.3 Å². The highest BCUT2D eigenvalue weighted by atomic mass is 32.2. The SMILES string of the molecule is CC(C)c1c(-c2ccc(S(C)(=O)=O)cc2)nc2c(C#N)c[nH]n2c1=O. The number of sulfone groups is 1. The first-order valence-corrected chi connectivity index (χ1v) is 9.47. The molecular formula is C17H16N4O3S. The normalized spacial score (nSPS) is 11.8. The van der Waals surface area contributed by atoms with Gasteiger partial charge in [-0.15, -0.1) is 0 Å². The van der Waals surface area contributed by atoms with Gasteiger partial charge in [0, 0.05) is 23.6 Å². The predicted octanol–water partition coefficient (Wildman–Crippen LogP) is 2.09. The van der Waals surface area contributed by atoms with E-state index in [1.54, 1.807) is 12.1 Å². The van der Waals surface area contributed by atoms with Gasteiger partial charge in [-0.3, -0.25) is 9.89 Å². The molecule has 0 saturated carbocycles. The van der Waals surface area contributed by atoms with Gasteiger partial charge < -0.3 is 0 Å². The number of nitrogens with one attached hydrogen (secondary N) is 1. The minimum Gasteiger partial charge on any atom is -0.295 e. The number of rotatable bonds is 3. The topological polar surface area (TPSA) is 108 Å². The van der Waals surface area contributed by atoms with Crippen LogP contribution in [0.4, 0.5) is 0 Å². The maximum atomic E-state index is 12.8. The van der Waals surface area contributed by atoms with Gasteiger partial charge in [-0.05, 0) is 18.1 Å². The molecule has 8 heteroatoms. The van der Waals surface area contributed by atoms with E-state index < -0.39 is 9.84 Å². The molecule has 7 nitrogen and oxygen atoms in total. The van der Waals surface area contributed by atoms with E-state index >= 15 is 0 Å². The minimum atomic E-state index is -3.31. The number of aromatic nitrogens is 3. The molecule has 0 saturated heterocycles. The van der Waals surface area contributed by atoms with E-state index in [9.17, 15) is 18.5 Å². The van der Waals surface area contributed by atoms with Gasteiger partial charge in [0.15, 0.2) is 15.5 Å². The van der Waals surface area contributed by atoms with Gasteiger partial charge in [0.05, 0.1) is 10.6 Å². The van der Waals surface area contributed by atoms with E-state index in [4.69, 9.17) is 0 Å². The first-order valence-electron chi connectivity index (χ1n) is 7.58. The number of H-pyrrole nitrogens is 1. The molecule has 0 aliphatic carbocycles. The summed E-state index contributed by atoms with van der Waals surface area (Å²) in [5.74, 6) is -0.102. The molecular weight excluding hydrogens is 340 g/mol. The maximum Gasteiger partial charge on any atom is 0.276 e. The van der Waals surface area contributed by atoms with Crippen LogP contribution in [0, 0.1) is 11.3 Å². The van der Waals surface area contributed by atoms with Gasteiger partial charge in [0.1, 0.15) is 11.6 Å². The lowest BCUT2D eigenvalue weighted by atomic mass is 9.98. The number of fused-ring (bicyclic) bond motifs is 1. The van der Waals surface area contributed by atoms with Crippen LogP contribution in [0.15, 0.2) is 40.2 Å². The average Bonchev–Trinajstić information content (AvgIpc) is 2.97. The molecule has 0 unspecified atom stereocenters. The standard InChI is InChI=1S/C17H16N4O3S/c1-10(2)14-15(11-4-6-13(7-5-11)25(3,23)24)20-16-12(8-18)9-19-21(16)17(14)22/h4-7,9-10,19H,1-3H3. The fraction of sp³-hybridized carbons (Fsp3) is 0.235. The van der Waals surface area contributed by atoms with Gasteiger partial charge in [-0.1, -0.05) is 26.0 Å². The summed E-state index contributed by atoms with van der Waals surface area (Å²) >= 11 is 0. The Morgan fingerprint density at radius 1 is 1.24 bits per heavy atom. The van der Waals surface area contributed by atoms with Gasteiger partial charge in [-0.2, -0.15) is 5.26 Å². The van der Waals surface area contributed by atoms with Crippen LogP contribution in [0.3, 0.4) is 0 Å². The molecule has 0 aliphatic heterocycles. The van der Waals surface area contributed by atoms with Crippen LogP contribution >= 0.6 is 0 Å². The molecule has 3 aromatic rings. The molecule has 0 fully saturated rings. The zero-order valence-electron chi connectivity index (χ0n) is 13.9. The van der Waals surface area contributed by atoms with E-state index in [1.165, 1.54) is 22.8 Å². The lowest BCUT2D eigenvalue weighted by Crippen LogP contribution is -2.22. The minimum absolute atomic E-state index is 0.102. The van der Waals surface area contributed by atoms with Crippen LogP contribution in [0.25, 0.3) is 16.9 Å². The van der Waals surface area contributed by atoms with Crippen molar-refractivity contribution in [3.05, 3.63) is 51.9 Å². The molecule has 128 valence electrons. The number of hydrogen-bond donors (Lipinski definition) is 1. The summed E-state index contributed by atoms with van der Waals surface area (Å²) in [5, 5.41) is 11.9. The summed E-state index contributed by atoms with van der Waals surface area (Å²) < 4.78 is 24.5. The largest absolute Gasteiger partial charge is 0.295 e. The smallest absolute Gasteiger partial charge is 0.276 e. The highest BCUT2D eigenvalue weighted by molar-refractivity contribution is 7.90. The first-order chi connectivity index (χ1) is 11.7. The van der Waals surface area contributed by atoms with E-state index in [1.807, 2.05) is 19.9 Å². The van der Waals surface area contributed by atoms with Gasteiger partial charge in [0.2, 0.25) is 0 Å². The number of nitrogens with zero attached hydrogens (tertiary/aromatic N) is 3. The Balaban J connectivity index is 2.33. The van der Waals surface area contributed by atoms with Crippen molar-refractivity contribution in [1.82, 2.24) is 14.6 Å². The summed E-state index contributed by atoms with van der Waals surface area (Å²) in [4.78, 5) is 17.5. The van der Waals surface area contributed by atoms with Crippen molar-refractivity contribution in [3.63, 3.8) is 0 Å². The molecule has 2 heterocycles. The van der Waals surface area contributed by atoms with E-state index in [0.29, 0.717) is 16.8 Å². The first kappa shape index (κ1) is 16.9. The lowest BCUT2D eigenvalue weighted by molar-refractivity contribution is 0.602. The molecule has 0 atom stereocenters. The van der Waals surface area contributed by atoms with Crippen molar-refractivity contribution in [2.75, 3.05) is 6.26 Å². The highest BCUT2D eigenvalue weighted by Gasteiger charge is 2.20. The molecule has 0 aliphatic rings. The lowest BCUT2D eigenvalue weighted by Gasteiger charge is -2.12. The van der Waals surface area contributed by atoms with E-state index in [-0.39, 0.29) is 27.6 Å². The molecule has 25 heavy (non-hydrogen) atoms. The Kier molecular flexibility index (Phi) is 3.97. The molecule has 0 bridgehead atoms. The van der Waals surface area contributed by atoms with Gasteiger partial charge in [0.25, 0.3) is 5.56 Å². The molecule has 1 N–H and O–H groups in total.